The normalized spacial score (nSPS) is 12.8. The van der Waals surface area contributed by atoms with Crippen molar-refractivity contribution in [3.8, 4) is 0 Å². The molecule has 15 heavy (non-hydrogen) atoms. The molecular formula is C12H13N3. The summed E-state index contributed by atoms with van der Waals surface area (Å²) in [7, 11) is 0. The highest BCUT2D eigenvalue weighted by Crippen LogP contribution is 2.20. The zero-order valence-electron chi connectivity index (χ0n) is 8.86. The second-order valence-corrected chi connectivity index (χ2v) is 3.34. The molecule has 0 spiro atoms. The minimum Gasteiger partial charge on any atom is -0.343 e. The molecule has 0 radical (unpaired) electrons. The van der Waals surface area contributed by atoms with Crippen molar-refractivity contribution >= 4 is 16.7 Å². The van der Waals surface area contributed by atoms with Crippen molar-refractivity contribution in [1.29, 1.82) is 0 Å². The highest BCUT2D eigenvalue weighted by Gasteiger charge is 2.04. The number of fused-ring (bicyclic) bond motifs is 1. The summed E-state index contributed by atoms with van der Waals surface area (Å²) in [4.78, 5) is 11.4. The van der Waals surface area contributed by atoms with Crippen LogP contribution in [-0.4, -0.2) is 15.0 Å². The third-order valence-electron chi connectivity index (χ3n) is 2.29. The summed E-state index contributed by atoms with van der Waals surface area (Å²) in [5.74, 6) is 0. The van der Waals surface area contributed by atoms with Gasteiger partial charge in [0.25, 0.3) is 0 Å². The average Bonchev–Trinajstić information content (AvgIpc) is 2.73. The summed E-state index contributed by atoms with van der Waals surface area (Å²) in [6.45, 7) is 4.08. The summed E-state index contributed by atoms with van der Waals surface area (Å²) in [5, 5.41) is 0. The van der Waals surface area contributed by atoms with Gasteiger partial charge in [-0.2, -0.15) is 0 Å². The van der Waals surface area contributed by atoms with E-state index in [4.69, 9.17) is 0 Å². The molecule has 2 aromatic rings. The molecule has 0 unspecified atom stereocenters. The number of pyridine rings is 1. The lowest BCUT2D eigenvalue weighted by atomic mass is 10.1. The van der Waals surface area contributed by atoms with E-state index < -0.39 is 0 Å². The molecule has 0 amide bonds. The first-order valence-corrected chi connectivity index (χ1v) is 4.91. The monoisotopic (exact) mass is 199 g/mol. The number of rotatable bonds is 2. The molecule has 2 heterocycles. The molecule has 76 valence electrons. The molecule has 0 aliphatic carbocycles. The minimum atomic E-state index is 0.765. The maximum absolute atomic E-state index is 4.18. The number of allylic oxidation sites excluding steroid dienone is 4. The second kappa shape index (κ2) is 4.09. The van der Waals surface area contributed by atoms with Gasteiger partial charge >= 0.3 is 0 Å². The highest BCUT2D eigenvalue weighted by molar-refractivity contribution is 5.86. The number of hydrogen-bond acceptors (Lipinski definition) is 2. The molecule has 0 aliphatic heterocycles. The lowest BCUT2D eigenvalue weighted by Crippen LogP contribution is -1.84. The fourth-order valence-electron chi connectivity index (χ4n) is 1.51. The van der Waals surface area contributed by atoms with E-state index in [1.807, 2.05) is 25.1 Å². The Hall–Kier alpha value is -1.90. The third kappa shape index (κ3) is 1.81. The fraction of sp³-hybridized carbons (Fsp3) is 0.167. The summed E-state index contributed by atoms with van der Waals surface area (Å²) in [5.41, 5.74) is 4.11. The zero-order chi connectivity index (χ0) is 10.7. The van der Waals surface area contributed by atoms with Gasteiger partial charge in [-0.1, -0.05) is 18.2 Å². The van der Waals surface area contributed by atoms with Crippen LogP contribution in [0.1, 0.15) is 19.4 Å². The number of nitrogens with zero attached hydrogens (tertiary/aromatic N) is 2. The second-order valence-electron chi connectivity index (χ2n) is 3.34. The van der Waals surface area contributed by atoms with Crippen LogP contribution in [0.2, 0.25) is 0 Å². The Morgan fingerprint density at radius 2 is 2.27 bits per heavy atom. The van der Waals surface area contributed by atoms with Crippen molar-refractivity contribution in [2.75, 3.05) is 0 Å². The first-order valence-electron chi connectivity index (χ1n) is 4.91. The predicted octanol–water partition coefficient (Wildman–Crippen LogP) is 2.94. The summed E-state index contributed by atoms with van der Waals surface area (Å²) < 4.78 is 0. The number of H-pyrrole nitrogens is 1. The average molecular weight is 199 g/mol. The van der Waals surface area contributed by atoms with Crippen LogP contribution in [0, 0.1) is 0 Å². The van der Waals surface area contributed by atoms with Gasteiger partial charge in [-0.05, 0) is 25.5 Å². The number of nitrogens with one attached hydrogen (secondary N) is 1. The van der Waals surface area contributed by atoms with Crippen LogP contribution in [-0.2, 0) is 0 Å². The largest absolute Gasteiger partial charge is 0.343 e. The molecule has 0 aliphatic rings. The Kier molecular flexibility index (Phi) is 2.63. The van der Waals surface area contributed by atoms with Gasteiger partial charge in [-0.3, -0.25) is 0 Å². The Balaban J connectivity index is 2.56. The van der Waals surface area contributed by atoms with Crippen molar-refractivity contribution in [3.05, 3.63) is 42.4 Å². The molecule has 0 saturated heterocycles. The first-order chi connectivity index (χ1) is 7.33. The van der Waals surface area contributed by atoms with E-state index >= 15 is 0 Å². The summed E-state index contributed by atoms with van der Waals surface area (Å²) >= 11 is 0. The standard InChI is InChI=1S/C12H13N3/c1-3-4-5-9(2)10-6-7-13-12-11(10)14-8-15-12/h3-8H,1-2H3,(H,13,14,15)/b4-3-,9-5+. The third-order valence-corrected chi connectivity index (χ3v) is 2.29. The molecule has 0 aromatic carbocycles. The van der Waals surface area contributed by atoms with E-state index in [9.17, 15) is 0 Å². The van der Waals surface area contributed by atoms with Gasteiger partial charge in [0.05, 0.1) is 11.8 Å². The molecule has 1 N–H and O–H groups in total. The van der Waals surface area contributed by atoms with Gasteiger partial charge in [0.15, 0.2) is 5.65 Å². The van der Waals surface area contributed by atoms with Crippen molar-refractivity contribution in [2.24, 2.45) is 0 Å². The molecule has 0 saturated carbocycles. The summed E-state index contributed by atoms with van der Waals surface area (Å²) in [6, 6.07) is 2.00. The number of hydrogen-bond donors (Lipinski definition) is 1. The Morgan fingerprint density at radius 3 is 3.07 bits per heavy atom. The molecule has 3 nitrogen and oxygen atoms in total. The van der Waals surface area contributed by atoms with Gasteiger partial charge < -0.3 is 4.98 Å². The number of imidazole rings is 1. The van der Waals surface area contributed by atoms with Gasteiger partial charge in [-0.25, -0.2) is 9.97 Å². The van der Waals surface area contributed by atoms with E-state index in [1.54, 1.807) is 12.5 Å². The maximum Gasteiger partial charge on any atom is 0.177 e. The topological polar surface area (TPSA) is 41.6 Å². The van der Waals surface area contributed by atoms with Crippen LogP contribution < -0.4 is 0 Å². The maximum atomic E-state index is 4.18. The zero-order valence-corrected chi connectivity index (χ0v) is 8.86. The van der Waals surface area contributed by atoms with Gasteiger partial charge in [0.1, 0.15) is 0 Å². The van der Waals surface area contributed by atoms with E-state index in [0.717, 1.165) is 16.7 Å². The van der Waals surface area contributed by atoms with E-state index in [2.05, 4.69) is 28.0 Å². The molecule has 3 heteroatoms. The molecule has 0 atom stereocenters. The van der Waals surface area contributed by atoms with Crippen molar-refractivity contribution in [2.45, 2.75) is 13.8 Å². The van der Waals surface area contributed by atoms with E-state index in [0.29, 0.717) is 0 Å². The van der Waals surface area contributed by atoms with Crippen LogP contribution in [0.25, 0.3) is 16.7 Å². The molecule has 0 fully saturated rings. The van der Waals surface area contributed by atoms with Crippen LogP contribution in [0.3, 0.4) is 0 Å². The van der Waals surface area contributed by atoms with Gasteiger partial charge in [-0.15, -0.1) is 0 Å². The predicted molar refractivity (Wildman–Crippen MR) is 62.4 cm³/mol. The van der Waals surface area contributed by atoms with E-state index in [1.165, 1.54) is 5.57 Å². The van der Waals surface area contributed by atoms with Crippen LogP contribution in [0.15, 0.2) is 36.8 Å². The number of aromatic amines is 1. The number of aromatic nitrogens is 3. The Morgan fingerprint density at radius 1 is 1.40 bits per heavy atom. The van der Waals surface area contributed by atoms with Crippen molar-refractivity contribution in [1.82, 2.24) is 15.0 Å². The van der Waals surface area contributed by atoms with Crippen LogP contribution in [0.5, 0.6) is 0 Å². The first kappa shape index (κ1) is 9.65. The molecule has 0 bridgehead atoms. The Bertz CT molecular complexity index is 520. The summed E-state index contributed by atoms with van der Waals surface area (Å²) in [6.07, 6.45) is 9.57. The van der Waals surface area contributed by atoms with Crippen molar-refractivity contribution in [3.63, 3.8) is 0 Å². The smallest absolute Gasteiger partial charge is 0.177 e. The SMILES string of the molecule is C/C=C\C=C(/C)c1ccnc2nc[nH]c12. The minimum absolute atomic E-state index is 0.765. The lowest BCUT2D eigenvalue weighted by Gasteiger charge is -2.00. The molecule has 2 aromatic heterocycles. The Labute approximate surface area is 88.6 Å². The highest BCUT2D eigenvalue weighted by atomic mass is 14.9. The lowest BCUT2D eigenvalue weighted by molar-refractivity contribution is 1.30. The van der Waals surface area contributed by atoms with Gasteiger partial charge in [0, 0.05) is 11.8 Å². The van der Waals surface area contributed by atoms with Crippen LogP contribution >= 0.6 is 0 Å². The van der Waals surface area contributed by atoms with Crippen LogP contribution in [0.4, 0.5) is 0 Å². The van der Waals surface area contributed by atoms with E-state index in [-0.39, 0.29) is 0 Å². The fourth-order valence-corrected chi connectivity index (χ4v) is 1.51. The quantitative estimate of drug-likeness (QED) is 0.755. The molecular weight excluding hydrogens is 186 g/mol. The van der Waals surface area contributed by atoms with Crippen molar-refractivity contribution < 1.29 is 0 Å². The van der Waals surface area contributed by atoms with Gasteiger partial charge in [0.2, 0.25) is 0 Å². The molecule has 2 rings (SSSR count).